The van der Waals surface area contributed by atoms with E-state index in [1.54, 1.807) is 19.2 Å². The summed E-state index contributed by atoms with van der Waals surface area (Å²) >= 11 is 1.94. The van der Waals surface area contributed by atoms with Crippen LogP contribution in [0.15, 0.2) is 18.2 Å². The molecule has 2 N–H and O–H groups in total. The molecule has 1 saturated carbocycles. The third-order valence-corrected chi connectivity index (χ3v) is 5.09. The first-order valence-electron chi connectivity index (χ1n) is 6.81. The molecular formula is C15H23NO2S. The van der Waals surface area contributed by atoms with Crippen LogP contribution in [0.3, 0.4) is 0 Å². The zero-order valence-electron chi connectivity index (χ0n) is 11.8. The second-order valence-electron chi connectivity index (χ2n) is 5.12. The number of phenols is 1. The fraction of sp³-hybridized carbons (Fsp3) is 0.600. The van der Waals surface area contributed by atoms with Gasteiger partial charge in [0.25, 0.3) is 0 Å². The van der Waals surface area contributed by atoms with Crippen molar-refractivity contribution in [3.05, 3.63) is 23.8 Å². The predicted molar refractivity (Wildman–Crippen MR) is 81.2 cm³/mol. The molecule has 3 atom stereocenters. The van der Waals surface area contributed by atoms with Crippen LogP contribution in [0.1, 0.15) is 37.8 Å². The van der Waals surface area contributed by atoms with Gasteiger partial charge in [-0.15, -0.1) is 0 Å². The number of aromatic hydroxyl groups is 1. The summed E-state index contributed by atoms with van der Waals surface area (Å²) in [5, 5.41) is 14.3. The Balaban J connectivity index is 2.08. The third-order valence-electron chi connectivity index (χ3n) is 3.92. The van der Waals surface area contributed by atoms with Crippen LogP contribution >= 0.6 is 11.8 Å². The lowest BCUT2D eigenvalue weighted by molar-refractivity contribution is 0.403. The fourth-order valence-electron chi connectivity index (χ4n) is 2.82. The summed E-state index contributed by atoms with van der Waals surface area (Å²) in [6.07, 6.45) is 5.98. The van der Waals surface area contributed by atoms with Crippen molar-refractivity contribution in [3.63, 3.8) is 0 Å². The number of benzene rings is 1. The second-order valence-corrected chi connectivity index (χ2v) is 6.20. The minimum Gasteiger partial charge on any atom is -0.508 e. The summed E-state index contributed by atoms with van der Waals surface area (Å²) in [6.45, 7) is 2.10. The molecule has 4 heteroatoms. The standard InChI is InChI=1S/C15H23NO2S/c1-10(16-13-5-4-6-15(13)19-3)12-9-11(18-2)7-8-14(12)17/h7-10,13,15-17H,4-6H2,1-3H3. The molecule has 0 saturated heterocycles. The summed E-state index contributed by atoms with van der Waals surface area (Å²) in [5.41, 5.74) is 0.908. The van der Waals surface area contributed by atoms with Gasteiger partial charge in [0.15, 0.2) is 0 Å². The van der Waals surface area contributed by atoms with E-state index in [2.05, 4.69) is 18.5 Å². The van der Waals surface area contributed by atoms with Crippen molar-refractivity contribution in [2.45, 2.75) is 43.5 Å². The molecule has 2 rings (SSSR count). The molecule has 1 aromatic rings. The van der Waals surface area contributed by atoms with Gasteiger partial charge >= 0.3 is 0 Å². The minimum absolute atomic E-state index is 0.132. The molecule has 106 valence electrons. The van der Waals surface area contributed by atoms with Crippen LogP contribution in [0.5, 0.6) is 11.5 Å². The van der Waals surface area contributed by atoms with Gasteiger partial charge in [0.05, 0.1) is 7.11 Å². The van der Waals surface area contributed by atoms with Crippen LogP contribution < -0.4 is 10.1 Å². The summed E-state index contributed by atoms with van der Waals surface area (Å²) in [7, 11) is 1.65. The molecule has 0 spiro atoms. The monoisotopic (exact) mass is 281 g/mol. The van der Waals surface area contributed by atoms with E-state index in [1.807, 2.05) is 17.8 Å². The number of nitrogens with one attached hydrogen (secondary N) is 1. The Labute approximate surface area is 119 Å². The van der Waals surface area contributed by atoms with Gasteiger partial charge in [-0.3, -0.25) is 0 Å². The van der Waals surface area contributed by atoms with Crippen molar-refractivity contribution in [2.75, 3.05) is 13.4 Å². The van der Waals surface area contributed by atoms with Crippen molar-refractivity contribution in [1.82, 2.24) is 5.32 Å². The molecule has 0 aromatic heterocycles. The number of thioether (sulfide) groups is 1. The molecule has 1 aromatic carbocycles. The maximum Gasteiger partial charge on any atom is 0.120 e. The molecule has 0 radical (unpaired) electrons. The summed E-state index contributed by atoms with van der Waals surface area (Å²) in [5.74, 6) is 1.12. The molecule has 3 unspecified atom stereocenters. The Bertz CT molecular complexity index is 425. The summed E-state index contributed by atoms with van der Waals surface area (Å²) < 4.78 is 5.23. The number of rotatable bonds is 5. The van der Waals surface area contributed by atoms with Crippen molar-refractivity contribution >= 4 is 11.8 Å². The maximum atomic E-state index is 10.00. The molecule has 0 heterocycles. The van der Waals surface area contributed by atoms with Crippen LogP contribution in [-0.4, -0.2) is 29.8 Å². The second kappa shape index (κ2) is 6.53. The molecule has 0 aliphatic heterocycles. The van der Waals surface area contributed by atoms with Gasteiger partial charge in [-0.2, -0.15) is 11.8 Å². The van der Waals surface area contributed by atoms with Gasteiger partial charge in [-0.25, -0.2) is 0 Å². The average molecular weight is 281 g/mol. The van der Waals surface area contributed by atoms with Gasteiger partial charge in [0.2, 0.25) is 0 Å². The zero-order valence-corrected chi connectivity index (χ0v) is 12.7. The van der Waals surface area contributed by atoms with Crippen LogP contribution in [0.4, 0.5) is 0 Å². The molecule has 19 heavy (non-hydrogen) atoms. The van der Waals surface area contributed by atoms with Crippen molar-refractivity contribution in [2.24, 2.45) is 0 Å². The van der Waals surface area contributed by atoms with Gasteiger partial charge in [0, 0.05) is 22.9 Å². The number of hydrogen-bond acceptors (Lipinski definition) is 4. The van der Waals surface area contributed by atoms with Crippen LogP contribution in [0, 0.1) is 0 Å². The maximum absolute atomic E-state index is 10.00. The van der Waals surface area contributed by atoms with Crippen molar-refractivity contribution in [1.29, 1.82) is 0 Å². The lowest BCUT2D eigenvalue weighted by Gasteiger charge is -2.25. The van der Waals surface area contributed by atoms with E-state index in [1.165, 1.54) is 19.3 Å². The highest BCUT2D eigenvalue weighted by atomic mass is 32.2. The van der Waals surface area contributed by atoms with Gasteiger partial charge in [-0.05, 0) is 44.2 Å². The molecular weight excluding hydrogens is 258 g/mol. The highest BCUT2D eigenvalue weighted by Crippen LogP contribution is 2.33. The molecule has 1 aliphatic carbocycles. The SMILES string of the molecule is COc1ccc(O)c(C(C)NC2CCCC2SC)c1. The van der Waals surface area contributed by atoms with E-state index >= 15 is 0 Å². The molecule has 1 aliphatic rings. The summed E-state index contributed by atoms with van der Waals surface area (Å²) in [4.78, 5) is 0. The highest BCUT2D eigenvalue weighted by Gasteiger charge is 2.28. The van der Waals surface area contributed by atoms with E-state index in [0.29, 0.717) is 17.0 Å². The lowest BCUT2D eigenvalue weighted by Crippen LogP contribution is -2.35. The Hall–Kier alpha value is -0.870. The fourth-order valence-corrected chi connectivity index (χ4v) is 3.76. The van der Waals surface area contributed by atoms with Crippen LogP contribution in [-0.2, 0) is 0 Å². The Kier molecular flexibility index (Phi) is 4.99. The van der Waals surface area contributed by atoms with Crippen molar-refractivity contribution in [3.8, 4) is 11.5 Å². The van der Waals surface area contributed by atoms with E-state index in [4.69, 9.17) is 4.74 Å². The highest BCUT2D eigenvalue weighted by molar-refractivity contribution is 7.99. The predicted octanol–water partition coefficient (Wildman–Crippen LogP) is 3.34. The first kappa shape index (κ1) is 14.5. The van der Waals surface area contributed by atoms with Gasteiger partial charge < -0.3 is 15.2 Å². The van der Waals surface area contributed by atoms with Crippen molar-refractivity contribution < 1.29 is 9.84 Å². The topological polar surface area (TPSA) is 41.5 Å². The number of methoxy groups -OCH3 is 1. The van der Waals surface area contributed by atoms with Crippen LogP contribution in [0.2, 0.25) is 0 Å². The summed E-state index contributed by atoms with van der Waals surface area (Å²) in [6, 6.07) is 6.07. The normalized spacial score (nSPS) is 24.4. The van der Waals surface area contributed by atoms with E-state index in [9.17, 15) is 5.11 Å². The smallest absolute Gasteiger partial charge is 0.120 e. The van der Waals surface area contributed by atoms with E-state index in [-0.39, 0.29) is 6.04 Å². The number of hydrogen-bond donors (Lipinski definition) is 2. The molecule has 0 bridgehead atoms. The van der Waals surface area contributed by atoms with E-state index < -0.39 is 0 Å². The van der Waals surface area contributed by atoms with Gasteiger partial charge in [-0.1, -0.05) is 6.42 Å². The van der Waals surface area contributed by atoms with Gasteiger partial charge in [0.1, 0.15) is 11.5 Å². The molecule has 3 nitrogen and oxygen atoms in total. The Morgan fingerprint density at radius 1 is 1.42 bits per heavy atom. The first-order chi connectivity index (χ1) is 9.15. The quantitative estimate of drug-likeness (QED) is 0.868. The third kappa shape index (κ3) is 3.37. The first-order valence-corrected chi connectivity index (χ1v) is 8.10. The lowest BCUT2D eigenvalue weighted by atomic mass is 10.1. The largest absolute Gasteiger partial charge is 0.508 e. The molecule has 0 amide bonds. The van der Waals surface area contributed by atoms with E-state index in [0.717, 1.165) is 11.3 Å². The Morgan fingerprint density at radius 3 is 2.89 bits per heavy atom. The van der Waals surface area contributed by atoms with Crippen LogP contribution in [0.25, 0.3) is 0 Å². The zero-order chi connectivity index (χ0) is 13.8. The Morgan fingerprint density at radius 2 is 2.21 bits per heavy atom. The molecule has 1 fully saturated rings. The average Bonchev–Trinajstić information content (AvgIpc) is 2.86. The number of phenolic OH excluding ortho intramolecular Hbond substituents is 1. The number of ether oxygens (including phenoxy) is 1. The minimum atomic E-state index is 0.132.